The van der Waals surface area contributed by atoms with Crippen LogP contribution in [-0.2, 0) is 16.6 Å². The van der Waals surface area contributed by atoms with Gasteiger partial charge in [0.15, 0.2) is 11.5 Å². The summed E-state index contributed by atoms with van der Waals surface area (Å²) in [6.45, 7) is 2.00. The van der Waals surface area contributed by atoms with E-state index in [2.05, 4.69) is 29.9 Å². The van der Waals surface area contributed by atoms with Crippen LogP contribution in [0.25, 0.3) is 55.8 Å². The van der Waals surface area contributed by atoms with E-state index >= 15 is 0 Å². The Morgan fingerprint density at radius 2 is 1.89 bits per heavy atom. The molecule has 6 rings (SSSR count). The molecule has 0 radical (unpaired) electrons. The summed E-state index contributed by atoms with van der Waals surface area (Å²) in [6, 6.07) is 14.0. The summed E-state index contributed by atoms with van der Waals surface area (Å²) in [5.74, 6) is 0.0686. The molecule has 0 saturated heterocycles. The number of para-hydroxylation sites is 1. The van der Waals surface area contributed by atoms with Gasteiger partial charge in [-0.3, -0.25) is 10.1 Å². The number of hydrogen-bond donors (Lipinski definition) is 3. The number of sulfonamides is 1. The molecule has 4 aromatic heterocycles. The number of halogens is 1. The molecular formula is C27H22FN7O2S. The smallest absolute Gasteiger partial charge is 0.209 e. The van der Waals surface area contributed by atoms with Gasteiger partial charge < -0.3 is 4.98 Å². The number of nitrogens with one attached hydrogen (secondary N) is 3. The zero-order valence-electron chi connectivity index (χ0n) is 20.4. The largest absolute Gasteiger partial charge is 0.337 e. The van der Waals surface area contributed by atoms with Crippen molar-refractivity contribution < 1.29 is 12.8 Å². The predicted octanol–water partition coefficient (Wildman–Crippen LogP) is 4.73. The third kappa shape index (κ3) is 4.53. The normalized spacial score (nSPS) is 12.0. The summed E-state index contributed by atoms with van der Waals surface area (Å²) < 4.78 is 39.9. The highest BCUT2D eigenvalue weighted by atomic mass is 32.2. The summed E-state index contributed by atoms with van der Waals surface area (Å²) in [7, 11) is -3.42. The van der Waals surface area contributed by atoms with Crippen LogP contribution in [0.1, 0.15) is 11.1 Å². The fraction of sp³-hybridized carbons (Fsp3) is 0.111. The predicted molar refractivity (Wildman–Crippen MR) is 144 cm³/mol. The molecule has 0 atom stereocenters. The highest BCUT2D eigenvalue weighted by Gasteiger charge is 2.17. The first-order chi connectivity index (χ1) is 18.2. The maximum atomic E-state index is 14.5. The van der Waals surface area contributed by atoms with E-state index in [1.165, 1.54) is 12.1 Å². The van der Waals surface area contributed by atoms with Gasteiger partial charge in [-0.15, -0.1) is 0 Å². The van der Waals surface area contributed by atoms with E-state index in [9.17, 15) is 12.8 Å². The van der Waals surface area contributed by atoms with Gasteiger partial charge in [0.05, 0.1) is 22.7 Å². The topological polar surface area (TPSA) is 129 Å². The van der Waals surface area contributed by atoms with E-state index in [0.29, 0.717) is 39.4 Å². The molecule has 0 unspecified atom stereocenters. The van der Waals surface area contributed by atoms with Crippen LogP contribution in [-0.4, -0.2) is 44.8 Å². The van der Waals surface area contributed by atoms with Crippen LogP contribution in [0.5, 0.6) is 0 Å². The molecule has 0 amide bonds. The van der Waals surface area contributed by atoms with Crippen LogP contribution in [0, 0.1) is 12.7 Å². The highest BCUT2D eigenvalue weighted by Crippen LogP contribution is 2.33. The van der Waals surface area contributed by atoms with Crippen molar-refractivity contribution in [2.75, 3.05) is 6.26 Å². The van der Waals surface area contributed by atoms with Crippen LogP contribution in [0.3, 0.4) is 0 Å². The van der Waals surface area contributed by atoms with E-state index in [-0.39, 0.29) is 6.54 Å². The lowest BCUT2D eigenvalue weighted by Gasteiger charge is -2.08. The van der Waals surface area contributed by atoms with Gasteiger partial charge in [-0.2, -0.15) is 5.10 Å². The maximum absolute atomic E-state index is 14.5. The van der Waals surface area contributed by atoms with Gasteiger partial charge in [-0.25, -0.2) is 27.5 Å². The molecule has 0 aliphatic rings. The molecule has 6 aromatic rings. The second kappa shape index (κ2) is 9.12. The number of aryl methyl sites for hydroxylation is 1. The Labute approximate surface area is 217 Å². The van der Waals surface area contributed by atoms with Crippen LogP contribution < -0.4 is 4.72 Å². The Morgan fingerprint density at radius 1 is 1.03 bits per heavy atom. The molecule has 0 fully saturated rings. The fourth-order valence-electron chi connectivity index (χ4n) is 4.50. The molecule has 11 heteroatoms. The van der Waals surface area contributed by atoms with Crippen molar-refractivity contribution in [1.82, 2.24) is 34.9 Å². The molecule has 4 heterocycles. The number of pyridine rings is 2. The molecule has 190 valence electrons. The van der Waals surface area contributed by atoms with Crippen molar-refractivity contribution in [3.63, 3.8) is 0 Å². The monoisotopic (exact) mass is 527 g/mol. The summed E-state index contributed by atoms with van der Waals surface area (Å²) in [6.07, 6.45) is 6.41. The van der Waals surface area contributed by atoms with Gasteiger partial charge in [0.25, 0.3) is 0 Å². The lowest BCUT2D eigenvalue weighted by molar-refractivity contribution is 0.586. The quantitative estimate of drug-likeness (QED) is 0.287. The van der Waals surface area contributed by atoms with Crippen molar-refractivity contribution >= 4 is 32.1 Å². The van der Waals surface area contributed by atoms with E-state index in [4.69, 9.17) is 4.98 Å². The van der Waals surface area contributed by atoms with Crippen LogP contribution >= 0.6 is 0 Å². The van der Waals surface area contributed by atoms with Crippen LogP contribution in [0.2, 0.25) is 0 Å². The Morgan fingerprint density at radius 3 is 2.71 bits per heavy atom. The van der Waals surface area contributed by atoms with Crippen LogP contribution in [0.15, 0.2) is 67.1 Å². The first kappa shape index (κ1) is 23.9. The fourth-order valence-corrected chi connectivity index (χ4v) is 4.93. The summed E-state index contributed by atoms with van der Waals surface area (Å²) >= 11 is 0. The zero-order chi connectivity index (χ0) is 26.4. The number of aromatic nitrogens is 6. The van der Waals surface area contributed by atoms with E-state index < -0.39 is 15.8 Å². The van der Waals surface area contributed by atoms with Crippen molar-refractivity contribution in [2.45, 2.75) is 13.5 Å². The van der Waals surface area contributed by atoms with Gasteiger partial charge in [-0.1, -0.05) is 12.1 Å². The van der Waals surface area contributed by atoms with E-state index in [1.54, 1.807) is 18.5 Å². The van der Waals surface area contributed by atoms with Crippen molar-refractivity contribution in [3.8, 4) is 33.8 Å². The molecule has 2 aromatic carbocycles. The van der Waals surface area contributed by atoms with Gasteiger partial charge in [0, 0.05) is 41.8 Å². The number of fused-ring (bicyclic) bond motifs is 2. The average Bonchev–Trinajstić information content (AvgIpc) is 3.50. The van der Waals surface area contributed by atoms with Crippen molar-refractivity contribution in [1.29, 1.82) is 0 Å². The van der Waals surface area contributed by atoms with Gasteiger partial charge >= 0.3 is 0 Å². The minimum atomic E-state index is -3.42. The van der Waals surface area contributed by atoms with Gasteiger partial charge in [-0.05, 0) is 60.0 Å². The van der Waals surface area contributed by atoms with Gasteiger partial charge in [0.1, 0.15) is 11.5 Å². The third-order valence-electron chi connectivity index (χ3n) is 6.31. The minimum absolute atomic E-state index is 0.0175. The number of imidazole rings is 1. The third-order valence-corrected chi connectivity index (χ3v) is 6.98. The standard InChI is InChI=1S/C27H22FN7O2S/c1-15-6-7-29-14-22(15)18-11-21-25(34-35-26(21)30-13-18)27-32-23-5-3-4-20(24(23)33-27)17-8-16(9-19(28)10-17)12-31-38(2,36)37/h3-11,13-14,31H,12H2,1-2H3,(H,32,33)(H,30,34,35). The molecule has 0 spiro atoms. The van der Waals surface area contributed by atoms with Crippen molar-refractivity contribution in [2.24, 2.45) is 0 Å². The lowest BCUT2D eigenvalue weighted by Crippen LogP contribution is -2.21. The molecule has 9 nitrogen and oxygen atoms in total. The molecule has 3 N–H and O–H groups in total. The minimum Gasteiger partial charge on any atom is -0.337 e. The first-order valence-electron chi connectivity index (χ1n) is 11.7. The molecule has 38 heavy (non-hydrogen) atoms. The first-order valence-corrected chi connectivity index (χ1v) is 13.6. The summed E-state index contributed by atoms with van der Waals surface area (Å²) in [5, 5.41) is 8.24. The molecule has 0 saturated carbocycles. The highest BCUT2D eigenvalue weighted by molar-refractivity contribution is 7.88. The Hall–Kier alpha value is -4.48. The summed E-state index contributed by atoms with van der Waals surface area (Å²) in [5.41, 5.74) is 7.39. The number of benzene rings is 2. The number of aromatic amines is 2. The summed E-state index contributed by atoms with van der Waals surface area (Å²) in [4.78, 5) is 16.9. The lowest BCUT2D eigenvalue weighted by atomic mass is 10.0. The molecule has 0 bridgehead atoms. The Balaban J connectivity index is 1.44. The zero-order valence-corrected chi connectivity index (χ0v) is 21.3. The van der Waals surface area contributed by atoms with Crippen molar-refractivity contribution in [3.05, 3.63) is 84.1 Å². The SMILES string of the molecule is Cc1ccncc1-c1cnc2[nH]nc(-c3nc4c(-c5cc(F)cc(CNS(C)(=O)=O)c5)cccc4[nH]3)c2c1. The Bertz CT molecular complexity index is 1950. The number of hydrogen-bond acceptors (Lipinski definition) is 6. The maximum Gasteiger partial charge on any atom is 0.209 e. The molecular weight excluding hydrogens is 505 g/mol. The second-order valence-corrected chi connectivity index (χ2v) is 10.9. The van der Waals surface area contributed by atoms with E-state index in [1.807, 2.05) is 43.5 Å². The van der Waals surface area contributed by atoms with E-state index in [0.717, 1.165) is 33.8 Å². The average molecular weight is 528 g/mol. The van der Waals surface area contributed by atoms with Crippen LogP contribution in [0.4, 0.5) is 4.39 Å². The molecule has 0 aliphatic heterocycles. The molecule has 0 aliphatic carbocycles. The number of H-pyrrole nitrogens is 2. The number of rotatable bonds is 6. The van der Waals surface area contributed by atoms with Gasteiger partial charge in [0.2, 0.25) is 10.0 Å². The second-order valence-electron chi connectivity index (χ2n) is 9.11. The Kier molecular flexibility index (Phi) is 5.73. The number of nitrogens with zero attached hydrogens (tertiary/aromatic N) is 4.